The van der Waals surface area contributed by atoms with Gasteiger partial charge in [-0.25, -0.2) is 5.84 Å². The largest absolute Gasteiger partial charge is 0.355 e. The van der Waals surface area contributed by atoms with Gasteiger partial charge in [0.15, 0.2) is 5.65 Å². The van der Waals surface area contributed by atoms with Gasteiger partial charge in [0.1, 0.15) is 5.82 Å². The first-order valence-electron chi connectivity index (χ1n) is 6.62. The van der Waals surface area contributed by atoms with Gasteiger partial charge in [-0.3, -0.25) is 10.5 Å². The molecule has 4 N–H and O–H groups in total. The normalized spacial score (nSPS) is 10.8. The number of anilines is 2. The second-order valence-electron chi connectivity index (χ2n) is 4.99. The smallest absolute Gasteiger partial charge is 0.241 e. The number of nitrogen functional groups attached to an aromatic ring is 1. The van der Waals surface area contributed by atoms with Crippen LogP contribution in [-0.2, 0) is 6.54 Å². The Labute approximate surface area is 122 Å². The first-order valence-corrected chi connectivity index (χ1v) is 6.62. The number of rotatable bonds is 4. The van der Waals surface area contributed by atoms with Crippen LogP contribution < -0.4 is 16.2 Å². The zero-order chi connectivity index (χ0) is 14.8. The molecule has 0 bridgehead atoms. The minimum atomic E-state index is 0.359. The van der Waals surface area contributed by atoms with Gasteiger partial charge in [0.25, 0.3) is 0 Å². The number of nitrogens with zero attached hydrogens (tertiary/aromatic N) is 4. The summed E-state index contributed by atoms with van der Waals surface area (Å²) in [5.74, 6) is 6.56. The molecule has 108 valence electrons. The van der Waals surface area contributed by atoms with E-state index in [1.807, 2.05) is 7.05 Å². The molecule has 0 aliphatic heterocycles. The van der Waals surface area contributed by atoms with E-state index in [0.717, 1.165) is 17.7 Å². The number of hydrazine groups is 1. The van der Waals surface area contributed by atoms with Gasteiger partial charge in [-0.1, -0.05) is 29.8 Å². The number of hydrogen-bond donors (Lipinski definition) is 3. The molecule has 2 heterocycles. The van der Waals surface area contributed by atoms with E-state index in [1.54, 1.807) is 6.20 Å². The average molecular weight is 283 g/mol. The van der Waals surface area contributed by atoms with Crippen molar-refractivity contribution in [1.29, 1.82) is 0 Å². The summed E-state index contributed by atoms with van der Waals surface area (Å²) in [6.07, 6.45) is 1.72. The molecular weight excluding hydrogens is 266 g/mol. The Morgan fingerprint density at radius 3 is 2.95 bits per heavy atom. The molecule has 0 saturated carbocycles. The van der Waals surface area contributed by atoms with Gasteiger partial charge in [0, 0.05) is 13.6 Å². The number of hydrogen-bond acceptors (Lipinski definition) is 6. The van der Waals surface area contributed by atoms with E-state index in [9.17, 15) is 0 Å². The minimum absolute atomic E-state index is 0.359. The minimum Gasteiger partial charge on any atom is -0.355 e. The highest BCUT2D eigenvalue weighted by molar-refractivity contribution is 5.87. The van der Waals surface area contributed by atoms with Gasteiger partial charge in [-0.2, -0.15) is 15.1 Å². The monoisotopic (exact) mass is 283 g/mol. The maximum Gasteiger partial charge on any atom is 0.241 e. The number of aromatic amines is 1. The van der Waals surface area contributed by atoms with Crippen molar-refractivity contribution >= 4 is 22.8 Å². The van der Waals surface area contributed by atoms with Crippen LogP contribution in [0.4, 0.5) is 11.8 Å². The maximum absolute atomic E-state index is 5.42. The number of fused-ring (bicyclic) bond motifs is 1. The van der Waals surface area contributed by atoms with Crippen molar-refractivity contribution in [1.82, 2.24) is 20.2 Å². The molecule has 0 atom stereocenters. The van der Waals surface area contributed by atoms with E-state index in [4.69, 9.17) is 5.84 Å². The van der Waals surface area contributed by atoms with Crippen LogP contribution in [0.1, 0.15) is 11.1 Å². The average Bonchev–Trinajstić information content (AvgIpc) is 2.94. The molecule has 0 radical (unpaired) electrons. The third-order valence-electron chi connectivity index (χ3n) is 3.28. The molecule has 0 amide bonds. The van der Waals surface area contributed by atoms with E-state index in [0.29, 0.717) is 11.6 Å². The van der Waals surface area contributed by atoms with Crippen LogP contribution in [0.25, 0.3) is 11.0 Å². The molecular formula is C14H17N7. The fraction of sp³-hybridized carbons (Fsp3) is 0.214. The number of aromatic nitrogens is 4. The standard InChI is InChI=1S/C14H17N7/c1-9-4-3-5-10(6-9)8-21(2)13-11-7-16-20-12(11)17-14(18-13)19-15/h3-7H,8,15H2,1-2H3,(H2,16,17,18,19,20). The topological polar surface area (TPSA) is 95.8 Å². The lowest BCUT2D eigenvalue weighted by Gasteiger charge is -2.19. The summed E-state index contributed by atoms with van der Waals surface area (Å²) in [6, 6.07) is 8.39. The highest BCUT2D eigenvalue weighted by Crippen LogP contribution is 2.24. The van der Waals surface area contributed by atoms with Crippen LogP contribution >= 0.6 is 0 Å². The van der Waals surface area contributed by atoms with Crippen molar-refractivity contribution in [2.75, 3.05) is 17.4 Å². The van der Waals surface area contributed by atoms with E-state index in [2.05, 4.69) is 61.7 Å². The van der Waals surface area contributed by atoms with E-state index in [-0.39, 0.29) is 0 Å². The predicted molar refractivity (Wildman–Crippen MR) is 82.8 cm³/mol. The van der Waals surface area contributed by atoms with Crippen LogP contribution in [0, 0.1) is 6.92 Å². The molecule has 2 aromatic heterocycles. The van der Waals surface area contributed by atoms with Gasteiger partial charge < -0.3 is 4.90 Å². The Morgan fingerprint density at radius 2 is 2.19 bits per heavy atom. The molecule has 7 nitrogen and oxygen atoms in total. The number of benzene rings is 1. The van der Waals surface area contributed by atoms with Crippen LogP contribution in [0.2, 0.25) is 0 Å². The van der Waals surface area contributed by atoms with Gasteiger partial charge in [0.05, 0.1) is 11.6 Å². The van der Waals surface area contributed by atoms with Crippen LogP contribution in [-0.4, -0.2) is 27.2 Å². The summed E-state index contributed by atoms with van der Waals surface area (Å²) in [6.45, 7) is 2.82. The number of nitrogens with one attached hydrogen (secondary N) is 2. The Bertz CT molecular complexity index is 765. The predicted octanol–water partition coefficient (Wildman–Crippen LogP) is 1.58. The summed E-state index contributed by atoms with van der Waals surface area (Å²) in [4.78, 5) is 10.7. The second kappa shape index (κ2) is 5.37. The summed E-state index contributed by atoms with van der Waals surface area (Å²) in [5, 5.41) is 7.72. The molecule has 21 heavy (non-hydrogen) atoms. The first-order chi connectivity index (χ1) is 10.2. The second-order valence-corrected chi connectivity index (χ2v) is 4.99. The van der Waals surface area contributed by atoms with Gasteiger partial charge in [-0.05, 0) is 12.5 Å². The van der Waals surface area contributed by atoms with Crippen molar-refractivity contribution in [2.24, 2.45) is 5.84 Å². The molecule has 0 aliphatic carbocycles. The highest BCUT2D eigenvalue weighted by atomic mass is 15.3. The summed E-state index contributed by atoms with van der Waals surface area (Å²) in [5.41, 5.74) is 5.59. The number of aryl methyl sites for hydroxylation is 1. The highest BCUT2D eigenvalue weighted by Gasteiger charge is 2.13. The van der Waals surface area contributed by atoms with Gasteiger partial charge in [0.2, 0.25) is 5.95 Å². The van der Waals surface area contributed by atoms with E-state index < -0.39 is 0 Å². The summed E-state index contributed by atoms with van der Waals surface area (Å²) >= 11 is 0. The van der Waals surface area contributed by atoms with Crippen molar-refractivity contribution in [3.63, 3.8) is 0 Å². The Hall–Kier alpha value is -2.67. The lowest BCUT2D eigenvalue weighted by molar-refractivity contribution is 0.898. The van der Waals surface area contributed by atoms with Gasteiger partial charge >= 0.3 is 0 Å². The van der Waals surface area contributed by atoms with Crippen molar-refractivity contribution in [2.45, 2.75) is 13.5 Å². The maximum atomic E-state index is 5.42. The lowest BCUT2D eigenvalue weighted by Crippen LogP contribution is -2.20. The molecule has 0 aliphatic rings. The first kappa shape index (κ1) is 13.3. The Morgan fingerprint density at radius 1 is 1.33 bits per heavy atom. The number of H-pyrrole nitrogens is 1. The number of nitrogens with two attached hydrogens (primary N) is 1. The molecule has 3 aromatic rings. The zero-order valence-corrected chi connectivity index (χ0v) is 12.0. The SMILES string of the molecule is Cc1cccc(CN(C)c2nc(NN)nc3[nH]ncc23)c1. The Balaban J connectivity index is 1.97. The van der Waals surface area contributed by atoms with Crippen molar-refractivity contribution in [3.05, 3.63) is 41.6 Å². The summed E-state index contributed by atoms with van der Waals surface area (Å²) < 4.78 is 0. The van der Waals surface area contributed by atoms with Crippen LogP contribution in [0.15, 0.2) is 30.5 Å². The van der Waals surface area contributed by atoms with E-state index >= 15 is 0 Å². The molecule has 3 rings (SSSR count). The fourth-order valence-corrected chi connectivity index (χ4v) is 2.33. The van der Waals surface area contributed by atoms with Crippen molar-refractivity contribution in [3.8, 4) is 0 Å². The molecule has 0 fully saturated rings. The fourth-order valence-electron chi connectivity index (χ4n) is 2.33. The third kappa shape index (κ3) is 2.63. The molecule has 0 saturated heterocycles. The third-order valence-corrected chi connectivity index (χ3v) is 3.28. The van der Waals surface area contributed by atoms with Gasteiger partial charge in [-0.15, -0.1) is 0 Å². The lowest BCUT2D eigenvalue weighted by atomic mass is 10.1. The summed E-state index contributed by atoms with van der Waals surface area (Å²) in [7, 11) is 1.98. The van der Waals surface area contributed by atoms with Crippen LogP contribution in [0.3, 0.4) is 0 Å². The Kier molecular flexibility index (Phi) is 3.41. The van der Waals surface area contributed by atoms with E-state index in [1.165, 1.54) is 11.1 Å². The zero-order valence-electron chi connectivity index (χ0n) is 12.0. The molecule has 0 unspecified atom stereocenters. The van der Waals surface area contributed by atoms with Crippen LogP contribution in [0.5, 0.6) is 0 Å². The van der Waals surface area contributed by atoms with Crippen molar-refractivity contribution < 1.29 is 0 Å². The molecule has 7 heteroatoms. The molecule has 1 aromatic carbocycles. The quantitative estimate of drug-likeness (QED) is 0.497. The molecule has 0 spiro atoms.